The molecule has 1 N–H and O–H groups in total. The minimum absolute atomic E-state index is 0.0514. The van der Waals surface area contributed by atoms with Gasteiger partial charge in [0, 0.05) is 21.8 Å². The van der Waals surface area contributed by atoms with E-state index in [1.807, 2.05) is 42.5 Å². The van der Waals surface area contributed by atoms with Crippen LogP contribution in [0.5, 0.6) is 0 Å². The van der Waals surface area contributed by atoms with Crippen LogP contribution in [0.25, 0.3) is 17.0 Å². The summed E-state index contributed by atoms with van der Waals surface area (Å²) in [5.41, 5.74) is 3.17. The Labute approximate surface area is 200 Å². The summed E-state index contributed by atoms with van der Waals surface area (Å²) in [6.45, 7) is 1.84. The summed E-state index contributed by atoms with van der Waals surface area (Å²) in [5.74, 6) is 0.309. The van der Waals surface area contributed by atoms with Crippen molar-refractivity contribution in [3.8, 4) is 11.4 Å². The van der Waals surface area contributed by atoms with Crippen LogP contribution in [0, 0.1) is 5.82 Å². The maximum atomic E-state index is 14.4. The minimum atomic E-state index is -0.577. The first kappa shape index (κ1) is 21.9. The Kier molecular flexibility index (Phi) is 5.86. The first-order valence-corrected chi connectivity index (χ1v) is 11.1. The molecule has 0 aliphatic carbocycles. The number of carbonyl (C=O) groups excluding carboxylic acids is 1. The van der Waals surface area contributed by atoms with Crippen LogP contribution in [0.1, 0.15) is 30.0 Å². The summed E-state index contributed by atoms with van der Waals surface area (Å²) in [6.07, 6.45) is 0. The van der Waals surface area contributed by atoms with E-state index in [0.29, 0.717) is 27.7 Å². The molecule has 170 valence electrons. The summed E-state index contributed by atoms with van der Waals surface area (Å²) in [6, 6.07) is 22.1. The predicted octanol–water partition coefficient (Wildman–Crippen LogP) is 6.23. The Morgan fingerprint density at radius 1 is 1.06 bits per heavy atom. The van der Waals surface area contributed by atoms with Crippen molar-refractivity contribution >= 4 is 23.2 Å². The van der Waals surface area contributed by atoms with E-state index < -0.39 is 6.04 Å². The number of aromatic nitrogens is 2. The van der Waals surface area contributed by atoms with Gasteiger partial charge in [0.2, 0.25) is 5.82 Å². The summed E-state index contributed by atoms with van der Waals surface area (Å²) in [4.78, 5) is 19.2. The van der Waals surface area contributed by atoms with Gasteiger partial charge in [-0.3, -0.25) is 4.90 Å². The number of carbonyl (C=O) groups is 1. The van der Waals surface area contributed by atoms with Gasteiger partial charge < -0.3 is 9.84 Å². The van der Waals surface area contributed by atoms with Crippen LogP contribution in [-0.4, -0.2) is 21.1 Å². The molecule has 0 fully saturated rings. The first-order valence-electron chi connectivity index (χ1n) is 10.7. The molecule has 0 bridgehead atoms. The zero-order chi connectivity index (χ0) is 23.7. The monoisotopic (exact) mass is 474 g/mol. The smallest absolute Gasteiger partial charge is 0.322 e. The standard InChI is InChI=1S/C26H20ClFN4O2/c1-16-22(25-30-24(31-34-25)17-8-3-2-4-9-17)23(18-11-7-12-20(27)14-18)29-26(33)32(16)15-19-10-5-6-13-21(19)28/h2-14,23H,15H2,1H3,(H,29,33). The van der Waals surface area contributed by atoms with Crippen LogP contribution in [-0.2, 0) is 6.54 Å². The maximum absolute atomic E-state index is 14.4. The van der Waals surface area contributed by atoms with Crippen LogP contribution in [0.3, 0.4) is 0 Å². The highest BCUT2D eigenvalue weighted by molar-refractivity contribution is 6.30. The molecule has 8 heteroatoms. The average Bonchev–Trinajstić information content (AvgIpc) is 3.33. The van der Waals surface area contributed by atoms with Crippen molar-refractivity contribution in [2.24, 2.45) is 0 Å². The van der Waals surface area contributed by atoms with Crippen molar-refractivity contribution in [2.75, 3.05) is 0 Å². The summed E-state index contributed by atoms with van der Waals surface area (Å²) >= 11 is 6.24. The number of benzene rings is 3. The van der Waals surface area contributed by atoms with Crippen LogP contribution in [0.2, 0.25) is 5.02 Å². The van der Waals surface area contributed by atoms with Gasteiger partial charge in [0.1, 0.15) is 5.82 Å². The van der Waals surface area contributed by atoms with Gasteiger partial charge in [0.15, 0.2) is 0 Å². The van der Waals surface area contributed by atoms with E-state index in [-0.39, 0.29) is 24.3 Å². The number of amides is 2. The van der Waals surface area contributed by atoms with Crippen molar-refractivity contribution < 1.29 is 13.7 Å². The second kappa shape index (κ2) is 9.11. The van der Waals surface area contributed by atoms with Gasteiger partial charge in [-0.2, -0.15) is 4.98 Å². The molecule has 0 spiro atoms. The zero-order valence-electron chi connectivity index (χ0n) is 18.2. The topological polar surface area (TPSA) is 71.3 Å². The number of halogens is 2. The van der Waals surface area contributed by atoms with Crippen LogP contribution in [0.4, 0.5) is 9.18 Å². The fourth-order valence-corrected chi connectivity index (χ4v) is 4.22. The van der Waals surface area contributed by atoms with Crippen molar-refractivity contribution in [3.63, 3.8) is 0 Å². The van der Waals surface area contributed by atoms with Gasteiger partial charge in [-0.15, -0.1) is 0 Å². The molecule has 34 heavy (non-hydrogen) atoms. The van der Waals surface area contributed by atoms with Gasteiger partial charge in [-0.05, 0) is 30.7 Å². The number of hydrogen-bond acceptors (Lipinski definition) is 4. The molecule has 0 saturated heterocycles. The number of allylic oxidation sites excluding steroid dienone is 1. The molecule has 1 aliphatic heterocycles. The van der Waals surface area contributed by atoms with Gasteiger partial charge in [0.25, 0.3) is 5.89 Å². The lowest BCUT2D eigenvalue weighted by Gasteiger charge is -2.35. The maximum Gasteiger partial charge on any atom is 0.322 e. The number of nitrogens with one attached hydrogen (secondary N) is 1. The molecule has 0 radical (unpaired) electrons. The zero-order valence-corrected chi connectivity index (χ0v) is 19.0. The molecule has 2 amide bonds. The lowest BCUT2D eigenvalue weighted by molar-refractivity contribution is 0.202. The van der Waals surface area contributed by atoms with Crippen LogP contribution < -0.4 is 5.32 Å². The predicted molar refractivity (Wildman–Crippen MR) is 127 cm³/mol. The Balaban J connectivity index is 1.62. The van der Waals surface area contributed by atoms with Crippen molar-refractivity contribution in [3.05, 3.63) is 112 Å². The Bertz CT molecular complexity index is 1390. The lowest BCUT2D eigenvalue weighted by Crippen LogP contribution is -2.45. The van der Waals surface area contributed by atoms with Crippen LogP contribution in [0.15, 0.2) is 89.1 Å². The van der Waals surface area contributed by atoms with Crippen molar-refractivity contribution in [1.29, 1.82) is 0 Å². The second-order valence-electron chi connectivity index (χ2n) is 7.90. The van der Waals surface area contributed by atoms with Gasteiger partial charge in [0.05, 0.1) is 18.2 Å². The molecule has 4 aromatic rings. The third-order valence-electron chi connectivity index (χ3n) is 5.75. The molecular formula is C26H20ClFN4O2. The van der Waals surface area contributed by atoms with Gasteiger partial charge in [-0.1, -0.05) is 77.4 Å². The van der Waals surface area contributed by atoms with Crippen molar-refractivity contribution in [1.82, 2.24) is 20.4 Å². The molecule has 1 unspecified atom stereocenters. The fourth-order valence-electron chi connectivity index (χ4n) is 4.02. The van der Waals surface area contributed by atoms with E-state index in [0.717, 1.165) is 11.1 Å². The molecule has 0 saturated carbocycles. The highest BCUT2D eigenvalue weighted by atomic mass is 35.5. The van der Waals surface area contributed by atoms with E-state index in [9.17, 15) is 9.18 Å². The fraction of sp³-hybridized carbons (Fsp3) is 0.115. The molecule has 3 aromatic carbocycles. The highest BCUT2D eigenvalue weighted by Crippen LogP contribution is 2.38. The Hall–Kier alpha value is -3.97. The second-order valence-corrected chi connectivity index (χ2v) is 8.34. The minimum Gasteiger partial charge on any atom is -0.334 e. The molecular weight excluding hydrogens is 455 g/mol. The average molecular weight is 475 g/mol. The lowest BCUT2D eigenvalue weighted by atomic mass is 9.94. The van der Waals surface area contributed by atoms with Crippen LogP contribution >= 0.6 is 11.6 Å². The highest BCUT2D eigenvalue weighted by Gasteiger charge is 2.36. The molecule has 1 aromatic heterocycles. The summed E-state index contributed by atoms with van der Waals surface area (Å²) in [7, 11) is 0. The van der Waals surface area contributed by atoms with E-state index in [4.69, 9.17) is 16.1 Å². The molecule has 1 atom stereocenters. The van der Waals surface area contributed by atoms with Crippen molar-refractivity contribution in [2.45, 2.75) is 19.5 Å². The van der Waals surface area contributed by atoms with E-state index in [1.165, 1.54) is 11.0 Å². The normalized spacial score (nSPS) is 16.0. The molecule has 5 rings (SSSR count). The first-order chi connectivity index (χ1) is 16.5. The number of hydrogen-bond donors (Lipinski definition) is 1. The Morgan fingerprint density at radius 2 is 1.82 bits per heavy atom. The largest absolute Gasteiger partial charge is 0.334 e. The SMILES string of the molecule is CC1=C(c2nc(-c3ccccc3)no2)C(c2cccc(Cl)c2)NC(=O)N1Cc1ccccc1F. The van der Waals surface area contributed by atoms with E-state index in [1.54, 1.807) is 37.3 Å². The summed E-state index contributed by atoms with van der Waals surface area (Å²) in [5, 5.41) is 7.68. The molecule has 6 nitrogen and oxygen atoms in total. The summed E-state index contributed by atoms with van der Waals surface area (Å²) < 4.78 is 20.0. The quantitative estimate of drug-likeness (QED) is 0.372. The van der Waals surface area contributed by atoms with Gasteiger partial charge >= 0.3 is 6.03 Å². The van der Waals surface area contributed by atoms with E-state index >= 15 is 0 Å². The Morgan fingerprint density at radius 3 is 2.59 bits per heavy atom. The molecule has 2 heterocycles. The number of rotatable bonds is 5. The van der Waals surface area contributed by atoms with Gasteiger partial charge in [-0.25, -0.2) is 9.18 Å². The third kappa shape index (κ3) is 4.18. The molecule has 1 aliphatic rings. The van der Waals surface area contributed by atoms with E-state index in [2.05, 4.69) is 15.5 Å². The number of urea groups is 1. The third-order valence-corrected chi connectivity index (χ3v) is 5.99. The number of nitrogens with zero attached hydrogens (tertiary/aromatic N) is 3.